The molecule has 2 aliphatic rings. The average Bonchev–Trinajstić information content (AvgIpc) is 2.81. The van der Waals surface area contributed by atoms with E-state index in [4.69, 9.17) is 11.6 Å². The fourth-order valence-electron chi connectivity index (χ4n) is 2.76. The van der Waals surface area contributed by atoms with Crippen LogP contribution in [-0.2, 0) is 0 Å². The summed E-state index contributed by atoms with van der Waals surface area (Å²) in [5, 5.41) is 0.548. The number of rotatable bonds is 2. The average molecular weight is 265 g/mol. The Morgan fingerprint density at radius 3 is 2.50 bits per heavy atom. The van der Waals surface area contributed by atoms with E-state index in [0.717, 1.165) is 13.1 Å². The highest BCUT2D eigenvalue weighted by molar-refractivity contribution is 6.33. The number of hydrogen-bond acceptors (Lipinski definition) is 2. The normalized spacial score (nSPS) is 21.1. The number of likely N-dealkylation sites (tertiary alicyclic amines) is 2. The Hall–Kier alpha value is -1.06. The SMILES string of the molecule is O=C(c1ccccc1Cl)N1CC(N2CCCC2)C1. The van der Waals surface area contributed by atoms with Crippen molar-refractivity contribution >= 4 is 17.5 Å². The third kappa shape index (κ3) is 2.13. The molecule has 0 saturated carbocycles. The summed E-state index contributed by atoms with van der Waals surface area (Å²) in [6.45, 7) is 4.09. The Morgan fingerprint density at radius 1 is 1.17 bits per heavy atom. The van der Waals surface area contributed by atoms with Gasteiger partial charge in [0, 0.05) is 19.1 Å². The summed E-state index contributed by atoms with van der Waals surface area (Å²) >= 11 is 6.05. The standard InChI is InChI=1S/C14H17ClN2O/c15-13-6-2-1-5-12(13)14(18)17-9-11(10-17)16-7-3-4-8-16/h1-2,5-6,11H,3-4,7-10H2. The number of halogens is 1. The van der Waals surface area contributed by atoms with Crippen LogP contribution in [0, 0.1) is 0 Å². The first-order valence-electron chi connectivity index (χ1n) is 6.53. The molecule has 0 spiro atoms. The summed E-state index contributed by atoms with van der Waals surface area (Å²) in [6, 6.07) is 7.85. The van der Waals surface area contributed by atoms with Crippen LogP contribution in [0.2, 0.25) is 5.02 Å². The molecule has 1 aromatic rings. The van der Waals surface area contributed by atoms with Crippen LogP contribution in [0.5, 0.6) is 0 Å². The van der Waals surface area contributed by atoms with Crippen molar-refractivity contribution in [1.29, 1.82) is 0 Å². The van der Waals surface area contributed by atoms with Crippen LogP contribution in [0.4, 0.5) is 0 Å². The second-order valence-corrected chi connectivity index (χ2v) is 5.49. The van der Waals surface area contributed by atoms with Gasteiger partial charge >= 0.3 is 0 Å². The van der Waals surface area contributed by atoms with Crippen LogP contribution in [-0.4, -0.2) is 47.9 Å². The Bertz CT molecular complexity index is 451. The van der Waals surface area contributed by atoms with Crippen LogP contribution < -0.4 is 0 Å². The van der Waals surface area contributed by atoms with Crippen molar-refractivity contribution < 1.29 is 4.79 Å². The zero-order valence-corrected chi connectivity index (χ0v) is 11.1. The van der Waals surface area contributed by atoms with Crippen molar-refractivity contribution in [3.63, 3.8) is 0 Å². The summed E-state index contributed by atoms with van der Waals surface area (Å²) in [5.41, 5.74) is 0.624. The molecule has 3 nitrogen and oxygen atoms in total. The molecule has 1 aromatic carbocycles. The highest BCUT2D eigenvalue weighted by Gasteiger charge is 2.36. The van der Waals surface area contributed by atoms with Crippen molar-refractivity contribution in [2.45, 2.75) is 18.9 Å². The number of carbonyl (C=O) groups excluding carboxylic acids is 1. The minimum absolute atomic E-state index is 0.0658. The summed E-state index contributed by atoms with van der Waals surface area (Å²) < 4.78 is 0. The quantitative estimate of drug-likeness (QED) is 0.818. The Morgan fingerprint density at radius 2 is 1.83 bits per heavy atom. The fraction of sp³-hybridized carbons (Fsp3) is 0.500. The smallest absolute Gasteiger partial charge is 0.255 e. The zero-order valence-electron chi connectivity index (χ0n) is 10.3. The van der Waals surface area contributed by atoms with E-state index in [2.05, 4.69) is 4.90 Å². The highest BCUT2D eigenvalue weighted by atomic mass is 35.5. The van der Waals surface area contributed by atoms with Crippen LogP contribution >= 0.6 is 11.6 Å². The third-order valence-corrected chi connectivity index (χ3v) is 4.24. The van der Waals surface area contributed by atoms with Crippen molar-refractivity contribution in [1.82, 2.24) is 9.80 Å². The van der Waals surface area contributed by atoms with Crippen LogP contribution in [0.1, 0.15) is 23.2 Å². The Kier molecular flexibility index (Phi) is 3.27. The summed E-state index contributed by atoms with van der Waals surface area (Å²) in [6.07, 6.45) is 2.60. The predicted molar refractivity (Wildman–Crippen MR) is 72.0 cm³/mol. The molecule has 2 saturated heterocycles. The van der Waals surface area contributed by atoms with Gasteiger partial charge in [0.25, 0.3) is 5.91 Å². The molecule has 0 N–H and O–H groups in total. The minimum atomic E-state index is 0.0658. The van der Waals surface area contributed by atoms with Gasteiger partial charge in [0.15, 0.2) is 0 Å². The zero-order chi connectivity index (χ0) is 12.5. The number of carbonyl (C=O) groups is 1. The van der Waals surface area contributed by atoms with Gasteiger partial charge in [-0.05, 0) is 38.1 Å². The van der Waals surface area contributed by atoms with Crippen molar-refractivity contribution in [2.75, 3.05) is 26.2 Å². The Balaban J connectivity index is 1.61. The molecule has 0 aliphatic carbocycles. The topological polar surface area (TPSA) is 23.6 Å². The molecule has 2 heterocycles. The van der Waals surface area contributed by atoms with E-state index < -0.39 is 0 Å². The van der Waals surface area contributed by atoms with Gasteiger partial charge in [-0.2, -0.15) is 0 Å². The first kappa shape index (κ1) is 12.0. The van der Waals surface area contributed by atoms with Crippen molar-refractivity contribution in [3.8, 4) is 0 Å². The molecule has 2 aliphatic heterocycles. The molecular weight excluding hydrogens is 248 g/mol. The van der Waals surface area contributed by atoms with Gasteiger partial charge in [-0.25, -0.2) is 0 Å². The lowest BCUT2D eigenvalue weighted by molar-refractivity contribution is 0.0334. The Labute approximate surface area is 112 Å². The molecule has 0 unspecified atom stereocenters. The summed E-state index contributed by atoms with van der Waals surface area (Å²) in [7, 11) is 0. The van der Waals surface area contributed by atoms with E-state index in [-0.39, 0.29) is 5.91 Å². The van der Waals surface area contributed by atoms with Gasteiger partial charge in [-0.15, -0.1) is 0 Å². The van der Waals surface area contributed by atoms with E-state index in [1.54, 1.807) is 12.1 Å². The van der Waals surface area contributed by atoms with Gasteiger partial charge in [0.1, 0.15) is 0 Å². The number of amides is 1. The molecule has 1 amide bonds. The number of nitrogens with zero attached hydrogens (tertiary/aromatic N) is 2. The molecule has 96 valence electrons. The van der Waals surface area contributed by atoms with Gasteiger partial charge in [0.05, 0.1) is 10.6 Å². The monoisotopic (exact) mass is 264 g/mol. The maximum atomic E-state index is 12.2. The number of hydrogen-bond donors (Lipinski definition) is 0. The predicted octanol–water partition coefficient (Wildman–Crippen LogP) is 2.26. The minimum Gasteiger partial charge on any atom is -0.335 e. The van der Waals surface area contributed by atoms with Crippen molar-refractivity contribution in [3.05, 3.63) is 34.9 Å². The molecule has 4 heteroatoms. The molecule has 0 bridgehead atoms. The van der Waals surface area contributed by atoms with Crippen LogP contribution in [0.25, 0.3) is 0 Å². The molecule has 0 atom stereocenters. The largest absolute Gasteiger partial charge is 0.335 e. The van der Waals surface area contributed by atoms with Gasteiger partial charge in [-0.3, -0.25) is 9.69 Å². The lowest BCUT2D eigenvalue weighted by atomic mass is 10.1. The van der Waals surface area contributed by atoms with E-state index in [1.807, 2.05) is 17.0 Å². The summed E-state index contributed by atoms with van der Waals surface area (Å²) in [4.78, 5) is 16.6. The molecular formula is C14H17ClN2O. The van der Waals surface area contributed by atoms with Gasteiger partial charge < -0.3 is 4.90 Å². The second kappa shape index (κ2) is 4.90. The molecule has 3 rings (SSSR count). The van der Waals surface area contributed by atoms with Crippen LogP contribution in [0.15, 0.2) is 24.3 Å². The fourth-order valence-corrected chi connectivity index (χ4v) is 2.98. The molecule has 0 aromatic heterocycles. The van der Waals surface area contributed by atoms with E-state index in [9.17, 15) is 4.79 Å². The van der Waals surface area contributed by atoms with Gasteiger partial charge in [-0.1, -0.05) is 23.7 Å². The third-order valence-electron chi connectivity index (χ3n) is 3.91. The summed E-state index contributed by atoms with van der Waals surface area (Å²) in [5.74, 6) is 0.0658. The van der Waals surface area contributed by atoms with E-state index in [1.165, 1.54) is 25.9 Å². The molecule has 18 heavy (non-hydrogen) atoms. The van der Waals surface area contributed by atoms with E-state index >= 15 is 0 Å². The second-order valence-electron chi connectivity index (χ2n) is 5.09. The maximum absolute atomic E-state index is 12.2. The first-order chi connectivity index (χ1) is 8.75. The lowest BCUT2D eigenvalue weighted by Gasteiger charge is -2.44. The van der Waals surface area contributed by atoms with Gasteiger partial charge in [0.2, 0.25) is 0 Å². The highest BCUT2D eigenvalue weighted by Crippen LogP contribution is 2.24. The maximum Gasteiger partial charge on any atom is 0.255 e. The number of benzene rings is 1. The molecule has 0 radical (unpaired) electrons. The van der Waals surface area contributed by atoms with Crippen LogP contribution in [0.3, 0.4) is 0 Å². The first-order valence-corrected chi connectivity index (χ1v) is 6.91. The van der Waals surface area contributed by atoms with E-state index in [0.29, 0.717) is 16.6 Å². The lowest BCUT2D eigenvalue weighted by Crippen LogP contribution is -2.60. The molecule has 2 fully saturated rings. The van der Waals surface area contributed by atoms with Crippen molar-refractivity contribution in [2.24, 2.45) is 0 Å².